The van der Waals surface area contributed by atoms with Gasteiger partial charge in [0.25, 0.3) is 5.97 Å². The lowest BCUT2D eigenvalue weighted by Gasteiger charge is -2.48. The number of carbonyl (C=O) groups is 1. The SMILES string of the molecule is CC(=O)O.CC1CC(C)C2CCOCC2(O)C1. The second-order valence-corrected chi connectivity index (χ2v) is 5.59. The van der Waals surface area contributed by atoms with Gasteiger partial charge >= 0.3 is 0 Å². The summed E-state index contributed by atoms with van der Waals surface area (Å²) in [6.45, 7) is 6.99. The topological polar surface area (TPSA) is 66.8 Å². The van der Waals surface area contributed by atoms with E-state index in [1.807, 2.05) is 0 Å². The number of hydrogen-bond acceptors (Lipinski definition) is 3. The fourth-order valence-electron chi connectivity index (χ4n) is 3.35. The number of fused-ring (bicyclic) bond motifs is 1. The van der Waals surface area contributed by atoms with E-state index in [1.165, 1.54) is 6.42 Å². The van der Waals surface area contributed by atoms with Gasteiger partial charge in [0.05, 0.1) is 12.2 Å². The first kappa shape index (κ1) is 14.5. The number of carboxylic acid groups (broad SMARTS) is 1. The molecule has 100 valence electrons. The number of ether oxygens (including phenoxy) is 1. The maximum absolute atomic E-state index is 10.4. The van der Waals surface area contributed by atoms with Crippen LogP contribution in [-0.2, 0) is 9.53 Å². The summed E-state index contributed by atoms with van der Waals surface area (Å²) < 4.78 is 5.39. The van der Waals surface area contributed by atoms with Gasteiger partial charge in [0, 0.05) is 13.5 Å². The van der Waals surface area contributed by atoms with Crippen LogP contribution in [0.4, 0.5) is 0 Å². The van der Waals surface area contributed by atoms with Crippen molar-refractivity contribution in [3.63, 3.8) is 0 Å². The van der Waals surface area contributed by atoms with Crippen LogP contribution in [0.5, 0.6) is 0 Å². The zero-order valence-corrected chi connectivity index (χ0v) is 11.0. The van der Waals surface area contributed by atoms with Gasteiger partial charge in [-0.05, 0) is 37.0 Å². The van der Waals surface area contributed by atoms with E-state index in [0.29, 0.717) is 24.4 Å². The molecule has 0 spiro atoms. The average Bonchev–Trinajstić information content (AvgIpc) is 2.14. The summed E-state index contributed by atoms with van der Waals surface area (Å²) in [5, 5.41) is 17.8. The summed E-state index contributed by atoms with van der Waals surface area (Å²) in [7, 11) is 0. The Hall–Kier alpha value is -0.610. The maximum Gasteiger partial charge on any atom is 0.300 e. The molecule has 4 heteroatoms. The zero-order valence-electron chi connectivity index (χ0n) is 11.0. The quantitative estimate of drug-likeness (QED) is 0.683. The van der Waals surface area contributed by atoms with Gasteiger partial charge < -0.3 is 14.9 Å². The van der Waals surface area contributed by atoms with Crippen molar-refractivity contribution in [3.8, 4) is 0 Å². The summed E-state index contributed by atoms with van der Waals surface area (Å²) >= 11 is 0. The van der Waals surface area contributed by atoms with E-state index in [-0.39, 0.29) is 0 Å². The van der Waals surface area contributed by atoms with Crippen LogP contribution in [0.25, 0.3) is 0 Å². The number of carboxylic acids is 1. The minimum atomic E-state index is -0.833. The highest BCUT2D eigenvalue weighted by molar-refractivity contribution is 5.62. The fraction of sp³-hybridized carbons (Fsp3) is 0.923. The number of rotatable bonds is 0. The monoisotopic (exact) mass is 244 g/mol. The molecule has 4 nitrogen and oxygen atoms in total. The molecule has 0 radical (unpaired) electrons. The van der Waals surface area contributed by atoms with Gasteiger partial charge in [0.2, 0.25) is 0 Å². The molecule has 4 unspecified atom stereocenters. The molecular weight excluding hydrogens is 220 g/mol. The lowest BCUT2D eigenvalue weighted by atomic mass is 9.64. The molecule has 2 aliphatic rings. The molecule has 2 fully saturated rings. The van der Waals surface area contributed by atoms with E-state index in [1.54, 1.807) is 0 Å². The minimum Gasteiger partial charge on any atom is -0.481 e. The van der Waals surface area contributed by atoms with Gasteiger partial charge in [-0.25, -0.2) is 0 Å². The van der Waals surface area contributed by atoms with E-state index in [4.69, 9.17) is 14.6 Å². The largest absolute Gasteiger partial charge is 0.481 e. The first-order chi connectivity index (χ1) is 7.85. The van der Waals surface area contributed by atoms with Crippen LogP contribution < -0.4 is 0 Å². The van der Waals surface area contributed by atoms with Crippen molar-refractivity contribution in [1.82, 2.24) is 0 Å². The van der Waals surface area contributed by atoms with Crippen molar-refractivity contribution < 1.29 is 19.7 Å². The van der Waals surface area contributed by atoms with Crippen LogP contribution in [-0.4, -0.2) is 35.0 Å². The van der Waals surface area contributed by atoms with Gasteiger partial charge in [-0.15, -0.1) is 0 Å². The van der Waals surface area contributed by atoms with Crippen molar-refractivity contribution in [2.24, 2.45) is 17.8 Å². The van der Waals surface area contributed by atoms with Crippen molar-refractivity contribution in [1.29, 1.82) is 0 Å². The van der Waals surface area contributed by atoms with E-state index >= 15 is 0 Å². The minimum absolute atomic E-state index is 0.484. The summed E-state index contributed by atoms with van der Waals surface area (Å²) in [6, 6.07) is 0. The normalized spacial score (nSPS) is 40.8. The van der Waals surface area contributed by atoms with Crippen LogP contribution in [0.3, 0.4) is 0 Å². The molecule has 4 atom stereocenters. The highest BCUT2D eigenvalue weighted by Gasteiger charge is 2.46. The summed E-state index contributed by atoms with van der Waals surface area (Å²) in [4.78, 5) is 9.00. The third kappa shape index (κ3) is 3.96. The van der Waals surface area contributed by atoms with Gasteiger partial charge in [0.15, 0.2) is 0 Å². The van der Waals surface area contributed by atoms with E-state index < -0.39 is 11.6 Å². The second kappa shape index (κ2) is 5.83. The molecule has 1 heterocycles. The third-order valence-corrected chi connectivity index (χ3v) is 3.78. The molecule has 0 aromatic rings. The van der Waals surface area contributed by atoms with E-state index in [2.05, 4.69) is 13.8 Å². The lowest BCUT2D eigenvalue weighted by molar-refractivity contribution is -0.167. The van der Waals surface area contributed by atoms with Crippen LogP contribution in [0.2, 0.25) is 0 Å². The van der Waals surface area contributed by atoms with Crippen LogP contribution in [0.1, 0.15) is 40.0 Å². The number of aliphatic carboxylic acids is 1. The van der Waals surface area contributed by atoms with Crippen LogP contribution in [0, 0.1) is 17.8 Å². The Balaban J connectivity index is 0.000000317. The molecule has 2 N–H and O–H groups in total. The predicted octanol–water partition coefficient (Wildman–Crippen LogP) is 1.91. The Morgan fingerprint density at radius 3 is 2.59 bits per heavy atom. The van der Waals surface area contributed by atoms with Crippen molar-refractivity contribution >= 4 is 5.97 Å². The van der Waals surface area contributed by atoms with Gasteiger partial charge in [-0.1, -0.05) is 13.8 Å². The van der Waals surface area contributed by atoms with E-state index in [0.717, 1.165) is 26.4 Å². The average molecular weight is 244 g/mol. The molecule has 1 aliphatic carbocycles. The standard InChI is InChI=1S/C11H20O2.C2H4O2/c1-8-5-9(2)10-3-4-13-7-11(10,12)6-8;1-2(3)4/h8-10,12H,3-7H2,1-2H3;1H3,(H,3,4). The van der Waals surface area contributed by atoms with Crippen LogP contribution >= 0.6 is 0 Å². The Morgan fingerprint density at radius 2 is 2.00 bits per heavy atom. The molecule has 0 aromatic carbocycles. The molecule has 0 bridgehead atoms. The molecule has 0 aromatic heterocycles. The van der Waals surface area contributed by atoms with Crippen molar-refractivity contribution in [2.75, 3.05) is 13.2 Å². The molecule has 1 saturated carbocycles. The predicted molar refractivity (Wildman–Crippen MR) is 64.7 cm³/mol. The summed E-state index contributed by atoms with van der Waals surface area (Å²) in [6.07, 6.45) is 3.25. The Labute approximate surface area is 103 Å². The molecule has 1 saturated heterocycles. The molecule has 17 heavy (non-hydrogen) atoms. The smallest absolute Gasteiger partial charge is 0.300 e. The summed E-state index contributed by atoms with van der Waals surface area (Å²) in [5.41, 5.74) is -0.505. The van der Waals surface area contributed by atoms with Crippen molar-refractivity contribution in [2.45, 2.75) is 45.6 Å². The molecule has 2 rings (SSSR count). The van der Waals surface area contributed by atoms with Crippen molar-refractivity contribution in [3.05, 3.63) is 0 Å². The third-order valence-electron chi connectivity index (χ3n) is 3.78. The molecule has 0 amide bonds. The molecular formula is C13H24O4. The number of aliphatic hydroxyl groups is 1. The Kier molecular flexibility index (Phi) is 4.95. The second-order valence-electron chi connectivity index (χ2n) is 5.59. The van der Waals surface area contributed by atoms with E-state index in [9.17, 15) is 5.11 Å². The van der Waals surface area contributed by atoms with Gasteiger partial charge in [-0.2, -0.15) is 0 Å². The highest BCUT2D eigenvalue weighted by Crippen LogP contribution is 2.44. The summed E-state index contributed by atoms with van der Waals surface area (Å²) in [5.74, 6) is 0.966. The number of hydrogen-bond donors (Lipinski definition) is 2. The first-order valence-corrected chi connectivity index (χ1v) is 6.35. The lowest BCUT2D eigenvalue weighted by Crippen LogP contribution is -2.53. The Morgan fingerprint density at radius 1 is 1.41 bits per heavy atom. The first-order valence-electron chi connectivity index (χ1n) is 6.35. The molecule has 1 aliphatic heterocycles. The highest BCUT2D eigenvalue weighted by atomic mass is 16.5. The maximum atomic E-state index is 10.4. The fourth-order valence-corrected chi connectivity index (χ4v) is 3.35. The van der Waals surface area contributed by atoms with Gasteiger partial charge in [0.1, 0.15) is 0 Å². The van der Waals surface area contributed by atoms with Gasteiger partial charge in [-0.3, -0.25) is 4.79 Å². The Bertz CT molecular complexity index is 262. The van der Waals surface area contributed by atoms with Crippen LogP contribution in [0.15, 0.2) is 0 Å². The zero-order chi connectivity index (χ0) is 13.1.